The Hall–Kier alpha value is -1.87. The summed E-state index contributed by atoms with van der Waals surface area (Å²) in [7, 11) is 1.55. The van der Waals surface area contributed by atoms with E-state index in [1.54, 1.807) is 14.0 Å². The van der Waals surface area contributed by atoms with E-state index >= 15 is 0 Å². The predicted octanol–water partition coefficient (Wildman–Crippen LogP) is 5.32. The number of allylic oxidation sites excluding steroid dienone is 10. The normalized spacial score (nSPS) is 26.4. The lowest BCUT2D eigenvalue weighted by Crippen LogP contribution is -2.25. The van der Waals surface area contributed by atoms with E-state index in [0.717, 1.165) is 25.7 Å². The molecule has 138 valence electrons. The Morgan fingerprint density at radius 1 is 1.08 bits per heavy atom. The minimum Gasteiger partial charge on any atom is -0.464 e. The Bertz CT molecular complexity index is 499. The smallest absolute Gasteiger partial charge is 0.335 e. The minimum absolute atomic E-state index is 0.118. The Labute approximate surface area is 152 Å². The molecule has 25 heavy (non-hydrogen) atoms. The molecule has 0 saturated carbocycles. The van der Waals surface area contributed by atoms with Crippen LogP contribution in [0.3, 0.4) is 0 Å². The second kappa shape index (κ2) is 12.5. The minimum atomic E-state index is -0.491. The maximum atomic E-state index is 11.7. The van der Waals surface area contributed by atoms with Gasteiger partial charge in [0.25, 0.3) is 0 Å². The summed E-state index contributed by atoms with van der Waals surface area (Å²) in [6.45, 7) is 4.37. The van der Waals surface area contributed by atoms with Gasteiger partial charge < -0.3 is 9.47 Å². The molecule has 0 heterocycles. The molecule has 0 amide bonds. The van der Waals surface area contributed by atoms with Crippen LogP contribution >= 0.6 is 0 Å². The molecule has 1 rings (SSSR count). The molecular weight excluding hydrogens is 312 g/mol. The summed E-state index contributed by atoms with van der Waals surface area (Å²) in [6.07, 6.45) is 25.7. The summed E-state index contributed by atoms with van der Waals surface area (Å²) in [5.41, 5.74) is -0.118. The number of ether oxygens (including phenoxy) is 2. The molecule has 1 aliphatic carbocycles. The first kappa shape index (κ1) is 21.2. The van der Waals surface area contributed by atoms with E-state index in [9.17, 15) is 4.79 Å². The van der Waals surface area contributed by atoms with Gasteiger partial charge in [-0.2, -0.15) is 0 Å². The van der Waals surface area contributed by atoms with Gasteiger partial charge in [0.2, 0.25) is 0 Å². The van der Waals surface area contributed by atoms with Gasteiger partial charge in [0, 0.05) is 12.5 Å². The van der Waals surface area contributed by atoms with Gasteiger partial charge in [0.1, 0.15) is 0 Å². The summed E-state index contributed by atoms with van der Waals surface area (Å²) in [6, 6.07) is 0. The van der Waals surface area contributed by atoms with Crippen molar-refractivity contribution in [2.75, 3.05) is 13.7 Å². The van der Waals surface area contributed by atoms with Crippen LogP contribution in [0.5, 0.6) is 0 Å². The van der Waals surface area contributed by atoms with Crippen LogP contribution in [0.4, 0.5) is 0 Å². The third-order valence-corrected chi connectivity index (χ3v) is 4.01. The maximum absolute atomic E-state index is 11.7. The monoisotopic (exact) mass is 344 g/mol. The van der Waals surface area contributed by atoms with E-state index in [4.69, 9.17) is 9.47 Å². The molecule has 0 spiro atoms. The van der Waals surface area contributed by atoms with Crippen molar-refractivity contribution in [1.82, 2.24) is 0 Å². The van der Waals surface area contributed by atoms with Crippen LogP contribution in [0.2, 0.25) is 0 Å². The van der Waals surface area contributed by atoms with Gasteiger partial charge in [-0.3, -0.25) is 0 Å². The SMILES string of the molecule is CCOC(=O)C(CC/C=C\C1(C)C=CC/C=C\C/C=C\C/C=C\1)OC. The molecule has 0 bridgehead atoms. The fourth-order valence-electron chi connectivity index (χ4n) is 2.58. The highest BCUT2D eigenvalue weighted by Crippen LogP contribution is 2.24. The molecule has 0 radical (unpaired) electrons. The van der Waals surface area contributed by atoms with Gasteiger partial charge in [-0.25, -0.2) is 4.79 Å². The fourth-order valence-corrected chi connectivity index (χ4v) is 2.58. The molecule has 3 heteroatoms. The third kappa shape index (κ3) is 9.25. The van der Waals surface area contributed by atoms with Gasteiger partial charge in [0.15, 0.2) is 6.10 Å². The largest absolute Gasteiger partial charge is 0.464 e. The average molecular weight is 344 g/mol. The third-order valence-electron chi connectivity index (χ3n) is 4.01. The van der Waals surface area contributed by atoms with E-state index in [-0.39, 0.29) is 11.4 Å². The average Bonchev–Trinajstić information content (AvgIpc) is 2.58. The van der Waals surface area contributed by atoms with Crippen molar-refractivity contribution in [2.24, 2.45) is 5.41 Å². The molecule has 0 N–H and O–H groups in total. The molecule has 0 fully saturated rings. The Morgan fingerprint density at radius 3 is 2.16 bits per heavy atom. The van der Waals surface area contributed by atoms with Gasteiger partial charge in [-0.05, 0) is 46.0 Å². The molecule has 2 atom stereocenters. The number of carbonyl (C=O) groups is 1. The van der Waals surface area contributed by atoms with E-state index in [1.165, 1.54) is 0 Å². The molecule has 0 saturated heterocycles. The second-order valence-corrected chi connectivity index (χ2v) is 6.28. The molecule has 3 nitrogen and oxygen atoms in total. The van der Waals surface area contributed by atoms with Crippen molar-refractivity contribution in [3.63, 3.8) is 0 Å². The van der Waals surface area contributed by atoms with Crippen molar-refractivity contribution < 1.29 is 14.3 Å². The first-order valence-electron chi connectivity index (χ1n) is 9.14. The Morgan fingerprint density at radius 2 is 1.64 bits per heavy atom. The van der Waals surface area contributed by atoms with E-state index in [1.807, 2.05) is 0 Å². The Kier molecular flexibility index (Phi) is 10.6. The molecule has 0 aromatic heterocycles. The van der Waals surface area contributed by atoms with Crippen molar-refractivity contribution in [1.29, 1.82) is 0 Å². The zero-order valence-electron chi connectivity index (χ0n) is 15.8. The first-order chi connectivity index (χ1) is 12.1. The summed E-state index contributed by atoms with van der Waals surface area (Å²) in [5.74, 6) is -0.283. The highest BCUT2D eigenvalue weighted by molar-refractivity contribution is 5.74. The summed E-state index contributed by atoms with van der Waals surface area (Å²) in [5, 5.41) is 0. The van der Waals surface area contributed by atoms with Crippen LogP contribution in [0.15, 0.2) is 60.8 Å². The van der Waals surface area contributed by atoms with Crippen LogP contribution in [0.25, 0.3) is 0 Å². The summed E-state index contributed by atoms with van der Waals surface area (Å²) in [4.78, 5) is 11.7. The molecule has 1 aliphatic rings. The number of hydrogen-bond donors (Lipinski definition) is 0. The van der Waals surface area contributed by atoms with Crippen molar-refractivity contribution in [2.45, 2.75) is 52.1 Å². The van der Waals surface area contributed by atoms with Crippen LogP contribution < -0.4 is 0 Å². The van der Waals surface area contributed by atoms with Crippen LogP contribution in [-0.2, 0) is 14.3 Å². The number of hydrogen-bond acceptors (Lipinski definition) is 3. The van der Waals surface area contributed by atoms with Gasteiger partial charge in [0.05, 0.1) is 6.61 Å². The quantitative estimate of drug-likeness (QED) is 0.463. The van der Waals surface area contributed by atoms with E-state index in [2.05, 4.69) is 67.7 Å². The Balaban J connectivity index is 2.65. The zero-order valence-corrected chi connectivity index (χ0v) is 15.8. The van der Waals surface area contributed by atoms with Gasteiger partial charge in [-0.1, -0.05) is 60.8 Å². The van der Waals surface area contributed by atoms with Crippen LogP contribution in [0.1, 0.15) is 46.0 Å². The second-order valence-electron chi connectivity index (χ2n) is 6.28. The molecular formula is C22H32O3. The highest BCUT2D eigenvalue weighted by Gasteiger charge is 2.18. The number of carbonyl (C=O) groups excluding carboxylic acids is 1. The van der Waals surface area contributed by atoms with E-state index in [0.29, 0.717) is 13.0 Å². The topological polar surface area (TPSA) is 35.5 Å². The number of esters is 1. The van der Waals surface area contributed by atoms with E-state index < -0.39 is 6.10 Å². The van der Waals surface area contributed by atoms with Crippen molar-refractivity contribution >= 4 is 5.97 Å². The van der Waals surface area contributed by atoms with Gasteiger partial charge >= 0.3 is 5.97 Å². The predicted molar refractivity (Wildman–Crippen MR) is 104 cm³/mol. The lowest BCUT2D eigenvalue weighted by molar-refractivity contribution is -0.155. The summed E-state index contributed by atoms with van der Waals surface area (Å²) < 4.78 is 10.2. The summed E-state index contributed by atoms with van der Waals surface area (Å²) >= 11 is 0. The van der Waals surface area contributed by atoms with Gasteiger partial charge in [-0.15, -0.1) is 0 Å². The van der Waals surface area contributed by atoms with Crippen molar-refractivity contribution in [3.8, 4) is 0 Å². The zero-order chi connectivity index (χ0) is 18.4. The standard InChI is InChI=1S/C22H32O3/c1-4-25-21(23)20(24-3)16-12-15-19-22(2)17-13-10-8-6-5-7-9-11-14-18-22/h6-9,13-15,17-20H,4-5,10-12,16H2,1-3H3/b8-6-,9-7-,17-13-,18-14?,19-15-. The molecule has 0 aromatic carbocycles. The van der Waals surface area contributed by atoms with Crippen molar-refractivity contribution in [3.05, 3.63) is 60.8 Å². The number of methoxy groups -OCH3 is 1. The molecule has 2 unspecified atom stereocenters. The number of rotatable bonds is 7. The van der Waals surface area contributed by atoms with Crippen LogP contribution in [0, 0.1) is 5.41 Å². The highest BCUT2D eigenvalue weighted by atomic mass is 16.6. The lowest BCUT2D eigenvalue weighted by atomic mass is 9.88. The first-order valence-corrected chi connectivity index (χ1v) is 9.14. The molecule has 0 aliphatic heterocycles. The van der Waals surface area contributed by atoms with Crippen LogP contribution in [-0.4, -0.2) is 25.8 Å². The fraction of sp³-hybridized carbons (Fsp3) is 0.500. The maximum Gasteiger partial charge on any atom is 0.335 e. The lowest BCUT2D eigenvalue weighted by Gasteiger charge is -2.18. The molecule has 0 aromatic rings.